The molecule has 0 aromatic carbocycles. The van der Waals surface area contributed by atoms with Crippen LogP contribution in [0.1, 0.15) is 13.8 Å². The smallest absolute Gasteiger partial charge is 0.324 e. The minimum atomic E-state index is -1.66. The number of epoxide rings is 2. The van der Waals surface area contributed by atoms with Crippen molar-refractivity contribution in [2.24, 2.45) is 0 Å². The number of hydrogen-bond donors (Lipinski definition) is 0. The van der Waals surface area contributed by atoms with Gasteiger partial charge < -0.3 is 27.8 Å². The molecule has 2 saturated heterocycles. The number of hydrogen-bond acceptors (Lipinski definition) is 6. The van der Waals surface area contributed by atoms with Crippen LogP contribution in [0.5, 0.6) is 0 Å². The SMILES string of the molecule is CCO[SiH](CC(COCC1CO1)OCC1CO1)OCC. The molecule has 0 bridgehead atoms. The summed E-state index contributed by atoms with van der Waals surface area (Å²) in [5.41, 5.74) is 0. The molecule has 2 fully saturated rings. The van der Waals surface area contributed by atoms with Gasteiger partial charge in [0, 0.05) is 19.3 Å². The van der Waals surface area contributed by atoms with Crippen LogP contribution in [-0.2, 0) is 27.8 Å². The van der Waals surface area contributed by atoms with E-state index in [2.05, 4.69) is 0 Å². The van der Waals surface area contributed by atoms with E-state index in [9.17, 15) is 0 Å². The number of ether oxygens (including phenoxy) is 4. The van der Waals surface area contributed by atoms with Gasteiger partial charge in [-0.15, -0.1) is 0 Å². The molecule has 6 nitrogen and oxygen atoms in total. The van der Waals surface area contributed by atoms with Crippen molar-refractivity contribution in [3.05, 3.63) is 0 Å². The van der Waals surface area contributed by atoms with Gasteiger partial charge in [0.15, 0.2) is 0 Å². The Bertz CT molecular complexity index is 253. The summed E-state index contributed by atoms with van der Waals surface area (Å²) < 4.78 is 33.2. The molecule has 7 heteroatoms. The van der Waals surface area contributed by atoms with Crippen LogP contribution in [0.15, 0.2) is 0 Å². The summed E-state index contributed by atoms with van der Waals surface area (Å²) in [6, 6.07) is 0.805. The maximum Gasteiger partial charge on any atom is 0.324 e. The Balaban J connectivity index is 1.68. The fraction of sp³-hybridized carbons (Fsp3) is 1.00. The number of rotatable bonds is 13. The van der Waals surface area contributed by atoms with Gasteiger partial charge in [-0.3, -0.25) is 0 Å². The van der Waals surface area contributed by atoms with Gasteiger partial charge in [-0.2, -0.15) is 0 Å². The molecule has 0 aliphatic carbocycles. The minimum Gasteiger partial charge on any atom is -0.397 e. The third-order valence-electron chi connectivity index (χ3n) is 3.09. The highest BCUT2D eigenvalue weighted by molar-refractivity contribution is 6.44. The Morgan fingerprint density at radius 1 is 1.05 bits per heavy atom. The highest BCUT2D eigenvalue weighted by Gasteiger charge is 2.28. The van der Waals surface area contributed by atoms with Gasteiger partial charge in [0.05, 0.1) is 39.1 Å². The van der Waals surface area contributed by atoms with E-state index in [0.717, 1.165) is 19.3 Å². The topological polar surface area (TPSA) is 62.0 Å². The van der Waals surface area contributed by atoms with Crippen molar-refractivity contribution in [2.45, 2.75) is 38.2 Å². The minimum absolute atomic E-state index is 0.0210. The molecule has 0 amide bonds. The van der Waals surface area contributed by atoms with Crippen LogP contribution in [0.25, 0.3) is 0 Å². The largest absolute Gasteiger partial charge is 0.397 e. The van der Waals surface area contributed by atoms with Gasteiger partial charge in [-0.1, -0.05) is 0 Å². The van der Waals surface area contributed by atoms with E-state index in [1.54, 1.807) is 0 Å². The van der Waals surface area contributed by atoms with Crippen LogP contribution in [0, 0.1) is 0 Å². The Labute approximate surface area is 122 Å². The van der Waals surface area contributed by atoms with E-state index in [4.69, 9.17) is 27.8 Å². The summed E-state index contributed by atoms with van der Waals surface area (Å²) in [5.74, 6) is 0. The lowest BCUT2D eigenvalue weighted by Crippen LogP contribution is -2.33. The van der Waals surface area contributed by atoms with Crippen molar-refractivity contribution in [1.29, 1.82) is 0 Å². The van der Waals surface area contributed by atoms with E-state index in [0.29, 0.717) is 33.0 Å². The zero-order valence-electron chi connectivity index (χ0n) is 12.4. The predicted octanol–water partition coefficient (Wildman–Crippen LogP) is 0.479. The molecule has 0 N–H and O–H groups in total. The molecular formula is C13H26O6Si. The summed E-state index contributed by atoms with van der Waals surface area (Å²) in [6.45, 7) is 8.83. The van der Waals surface area contributed by atoms with Gasteiger partial charge in [-0.25, -0.2) is 0 Å². The first-order valence-electron chi connectivity index (χ1n) is 7.47. The Morgan fingerprint density at radius 2 is 1.65 bits per heavy atom. The fourth-order valence-electron chi connectivity index (χ4n) is 1.86. The molecule has 118 valence electrons. The normalized spacial score (nSPS) is 25.9. The quantitative estimate of drug-likeness (QED) is 0.364. The average Bonchev–Trinajstić information content (AvgIpc) is 3.30. The molecule has 3 atom stereocenters. The standard InChI is InChI=1S/C13H26O6Si/c1-3-18-20(19-4-2)10-13(17-9-12-8-16-12)6-14-5-11-7-15-11/h11-13,20H,3-10H2,1-2H3. The summed E-state index contributed by atoms with van der Waals surface area (Å²) in [5, 5.41) is 0. The Hall–Kier alpha value is -0.0231. The highest BCUT2D eigenvalue weighted by atomic mass is 28.3. The van der Waals surface area contributed by atoms with Crippen LogP contribution in [0.2, 0.25) is 6.04 Å². The second-order valence-corrected chi connectivity index (χ2v) is 6.98. The van der Waals surface area contributed by atoms with Crippen LogP contribution < -0.4 is 0 Å². The van der Waals surface area contributed by atoms with Crippen LogP contribution in [-0.4, -0.2) is 73.8 Å². The third kappa shape index (κ3) is 7.12. The van der Waals surface area contributed by atoms with Crippen molar-refractivity contribution < 1.29 is 27.8 Å². The first-order valence-corrected chi connectivity index (χ1v) is 9.23. The van der Waals surface area contributed by atoms with Gasteiger partial charge in [-0.05, 0) is 13.8 Å². The van der Waals surface area contributed by atoms with E-state index in [1.165, 1.54) is 0 Å². The van der Waals surface area contributed by atoms with Gasteiger partial charge in [0.1, 0.15) is 12.2 Å². The van der Waals surface area contributed by atoms with E-state index in [1.807, 2.05) is 13.8 Å². The van der Waals surface area contributed by atoms with Crippen LogP contribution in [0.3, 0.4) is 0 Å². The molecule has 0 saturated carbocycles. The maximum atomic E-state index is 5.88. The zero-order chi connectivity index (χ0) is 14.2. The van der Waals surface area contributed by atoms with Crippen LogP contribution >= 0.6 is 0 Å². The molecule has 0 spiro atoms. The van der Waals surface area contributed by atoms with Crippen molar-refractivity contribution in [2.75, 3.05) is 46.2 Å². The lowest BCUT2D eigenvalue weighted by molar-refractivity contribution is -0.0185. The Morgan fingerprint density at radius 3 is 2.20 bits per heavy atom. The average molecular weight is 306 g/mol. The summed E-state index contributed by atoms with van der Waals surface area (Å²) in [6.07, 6.45) is 0.575. The van der Waals surface area contributed by atoms with Crippen molar-refractivity contribution >= 4 is 9.28 Å². The van der Waals surface area contributed by atoms with Crippen molar-refractivity contribution in [3.63, 3.8) is 0 Å². The van der Waals surface area contributed by atoms with Gasteiger partial charge >= 0.3 is 9.28 Å². The van der Waals surface area contributed by atoms with E-state index in [-0.39, 0.29) is 18.3 Å². The second-order valence-electron chi connectivity index (χ2n) is 4.98. The van der Waals surface area contributed by atoms with Crippen LogP contribution in [0.4, 0.5) is 0 Å². The third-order valence-corrected chi connectivity index (χ3v) is 5.41. The molecule has 2 heterocycles. The monoisotopic (exact) mass is 306 g/mol. The van der Waals surface area contributed by atoms with Crippen molar-refractivity contribution in [1.82, 2.24) is 0 Å². The predicted molar refractivity (Wildman–Crippen MR) is 75.2 cm³/mol. The molecule has 2 rings (SSSR count). The molecule has 2 aliphatic heterocycles. The summed E-state index contributed by atoms with van der Waals surface area (Å²) in [4.78, 5) is 0. The van der Waals surface area contributed by atoms with E-state index < -0.39 is 9.28 Å². The zero-order valence-corrected chi connectivity index (χ0v) is 13.6. The molecule has 3 unspecified atom stereocenters. The van der Waals surface area contributed by atoms with Gasteiger partial charge in [0.2, 0.25) is 0 Å². The Kier molecular flexibility index (Phi) is 7.43. The molecule has 0 aromatic rings. The summed E-state index contributed by atoms with van der Waals surface area (Å²) in [7, 11) is -1.66. The van der Waals surface area contributed by atoms with Gasteiger partial charge in [0.25, 0.3) is 0 Å². The first kappa shape index (κ1) is 16.3. The molecule has 0 radical (unpaired) electrons. The first-order chi connectivity index (χ1) is 9.81. The lowest BCUT2D eigenvalue weighted by Gasteiger charge is -2.22. The second kappa shape index (κ2) is 9.09. The van der Waals surface area contributed by atoms with E-state index >= 15 is 0 Å². The highest BCUT2D eigenvalue weighted by Crippen LogP contribution is 2.15. The molecule has 20 heavy (non-hydrogen) atoms. The molecule has 0 aromatic heterocycles. The molecular weight excluding hydrogens is 280 g/mol. The summed E-state index contributed by atoms with van der Waals surface area (Å²) >= 11 is 0. The maximum absolute atomic E-state index is 5.88. The lowest BCUT2D eigenvalue weighted by atomic mass is 10.4. The fourth-order valence-corrected chi connectivity index (χ4v) is 3.67. The molecule has 2 aliphatic rings. The van der Waals surface area contributed by atoms with Crippen molar-refractivity contribution in [3.8, 4) is 0 Å².